The first kappa shape index (κ1) is 16.4. The maximum atomic E-state index is 12.0. The fourth-order valence-electron chi connectivity index (χ4n) is 2.28. The quantitative estimate of drug-likeness (QED) is 0.765. The van der Waals surface area contributed by atoms with Gasteiger partial charge in [0.15, 0.2) is 0 Å². The number of pyridine rings is 1. The number of carbonyl (C=O) groups excluding carboxylic acids is 3. The molecule has 1 saturated heterocycles. The third-order valence-electron chi connectivity index (χ3n) is 3.49. The van der Waals surface area contributed by atoms with Gasteiger partial charge in [-0.25, -0.2) is 9.78 Å². The van der Waals surface area contributed by atoms with Crippen LogP contribution in [-0.2, 0) is 16.1 Å². The Labute approximate surface area is 143 Å². The molecule has 25 heavy (non-hydrogen) atoms. The van der Waals surface area contributed by atoms with Crippen LogP contribution in [0.5, 0.6) is 11.6 Å². The minimum absolute atomic E-state index is 0.110. The maximum absolute atomic E-state index is 12.0. The Morgan fingerprint density at radius 2 is 2.00 bits per heavy atom. The Bertz CT molecular complexity index is 794. The molecule has 3 rings (SSSR count). The normalized spacial score (nSPS) is 13.5. The summed E-state index contributed by atoms with van der Waals surface area (Å²) >= 11 is 0. The highest BCUT2D eigenvalue weighted by molar-refractivity contribution is 6.03. The van der Waals surface area contributed by atoms with Crippen LogP contribution in [0.25, 0.3) is 0 Å². The molecule has 0 bridgehead atoms. The lowest BCUT2D eigenvalue weighted by molar-refractivity contribution is -0.122. The van der Waals surface area contributed by atoms with Gasteiger partial charge in [0.25, 0.3) is 0 Å². The van der Waals surface area contributed by atoms with Crippen LogP contribution in [0.15, 0.2) is 48.7 Å². The van der Waals surface area contributed by atoms with Crippen LogP contribution in [-0.4, -0.2) is 40.8 Å². The third-order valence-corrected chi connectivity index (χ3v) is 3.49. The molecule has 1 aliphatic heterocycles. The SMILES string of the molecule is O=C(CN1CC(=O)NC1=O)NCc1cccnc1Oc1ccccc1. The summed E-state index contributed by atoms with van der Waals surface area (Å²) < 4.78 is 5.72. The largest absolute Gasteiger partial charge is 0.439 e. The highest BCUT2D eigenvalue weighted by atomic mass is 16.5. The van der Waals surface area contributed by atoms with Crippen molar-refractivity contribution in [3.63, 3.8) is 0 Å². The van der Waals surface area contributed by atoms with Crippen molar-refractivity contribution in [2.45, 2.75) is 6.54 Å². The Morgan fingerprint density at radius 3 is 2.72 bits per heavy atom. The number of nitrogens with zero attached hydrogens (tertiary/aromatic N) is 2. The van der Waals surface area contributed by atoms with E-state index in [-0.39, 0.29) is 25.5 Å². The van der Waals surface area contributed by atoms with Gasteiger partial charge in [0.1, 0.15) is 18.8 Å². The predicted octanol–water partition coefficient (Wildman–Crippen LogP) is 1.04. The van der Waals surface area contributed by atoms with Crippen molar-refractivity contribution < 1.29 is 19.1 Å². The van der Waals surface area contributed by atoms with Crippen LogP contribution >= 0.6 is 0 Å². The lowest BCUT2D eigenvalue weighted by Gasteiger charge is -2.14. The molecule has 128 valence electrons. The van der Waals surface area contributed by atoms with Crippen molar-refractivity contribution in [3.8, 4) is 11.6 Å². The molecule has 2 heterocycles. The summed E-state index contributed by atoms with van der Waals surface area (Å²) in [6.07, 6.45) is 1.60. The molecule has 1 aliphatic rings. The molecule has 2 aromatic rings. The molecule has 8 nitrogen and oxygen atoms in total. The van der Waals surface area contributed by atoms with Gasteiger partial charge < -0.3 is 15.0 Å². The highest BCUT2D eigenvalue weighted by Crippen LogP contribution is 2.22. The molecule has 2 N–H and O–H groups in total. The van der Waals surface area contributed by atoms with Crippen LogP contribution in [0.2, 0.25) is 0 Å². The standard InChI is InChI=1S/C17H16N4O4/c22-14(10-21-11-15(23)20-17(21)24)19-9-12-5-4-8-18-16(12)25-13-6-2-1-3-7-13/h1-8H,9-11H2,(H,19,22)(H,20,23,24). The maximum Gasteiger partial charge on any atom is 0.325 e. The zero-order valence-electron chi connectivity index (χ0n) is 13.3. The van der Waals surface area contributed by atoms with Gasteiger partial charge in [0, 0.05) is 18.3 Å². The molecule has 1 aromatic heterocycles. The Morgan fingerprint density at radius 1 is 1.20 bits per heavy atom. The van der Waals surface area contributed by atoms with Crippen LogP contribution in [0.3, 0.4) is 0 Å². The number of aromatic nitrogens is 1. The van der Waals surface area contributed by atoms with Crippen molar-refractivity contribution in [3.05, 3.63) is 54.2 Å². The van der Waals surface area contributed by atoms with Crippen molar-refractivity contribution in [2.24, 2.45) is 0 Å². The van der Waals surface area contributed by atoms with Crippen LogP contribution in [0, 0.1) is 0 Å². The zero-order valence-corrected chi connectivity index (χ0v) is 13.3. The molecule has 0 atom stereocenters. The summed E-state index contributed by atoms with van der Waals surface area (Å²) in [5, 5.41) is 4.82. The van der Waals surface area contributed by atoms with Gasteiger partial charge in [-0.15, -0.1) is 0 Å². The highest BCUT2D eigenvalue weighted by Gasteiger charge is 2.28. The summed E-state index contributed by atoms with van der Waals surface area (Å²) in [6.45, 7) is -0.105. The first-order valence-corrected chi connectivity index (χ1v) is 7.64. The number of hydrogen-bond acceptors (Lipinski definition) is 5. The minimum Gasteiger partial charge on any atom is -0.439 e. The van der Waals surface area contributed by atoms with Crippen molar-refractivity contribution in [2.75, 3.05) is 13.1 Å². The lowest BCUT2D eigenvalue weighted by Crippen LogP contribution is -2.38. The molecule has 0 saturated carbocycles. The van der Waals surface area contributed by atoms with Crippen LogP contribution in [0.1, 0.15) is 5.56 Å². The molecule has 0 unspecified atom stereocenters. The summed E-state index contributed by atoms with van der Waals surface area (Å²) in [5.74, 6) is 0.243. The second-order valence-electron chi connectivity index (χ2n) is 5.37. The number of amides is 4. The van der Waals surface area contributed by atoms with Crippen LogP contribution < -0.4 is 15.4 Å². The van der Waals surface area contributed by atoms with E-state index < -0.39 is 11.9 Å². The van der Waals surface area contributed by atoms with Gasteiger partial charge in [-0.05, 0) is 18.2 Å². The average molecular weight is 340 g/mol. The van der Waals surface area contributed by atoms with Crippen molar-refractivity contribution in [1.29, 1.82) is 0 Å². The van der Waals surface area contributed by atoms with E-state index in [0.29, 0.717) is 17.2 Å². The fraction of sp³-hybridized carbons (Fsp3) is 0.176. The minimum atomic E-state index is -0.561. The summed E-state index contributed by atoms with van der Waals surface area (Å²) in [7, 11) is 0. The van der Waals surface area contributed by atoms with Gasteiger partial charge in [-0.1, -0.05) is 24.3 Å². The molecule has 0 spiro atoms. The van der Waals surface area contributed by atoms with E-state index in [1.54, 1.807) is 30.5 Å². The molecule has 1 fully saturated rings. The van der Waals surface area contributed by atoms with Gasteiger partial charge in [-0.2, -0.15) is 0 Å². The third kappa shape index (κ3) is 4.31. The number of ether oxygens (including phenoxy) is 1. The van der Waals surface area contributed by atoms with Crippen molar-refractivity contribution >= 4 is 17.8 Å². The van der Waals surface area contributed by atoms with Gasteiger partial charge in [0.05, 0.1) is 0 Å². The average Bonchev–Trinajstić information content (AvgIpc) is 2.92. The zero-order chi connectivity index (χ0) is 17.6. The summed E-state index contributed by atoms with van der Waals surface area (Å²) in [5.41, 5.74) is 0.696. The summed E-state index contributed by atoms with van der Waals surface area (Å²) in [4.78, 5) is 39.9. The summed E-state index contributed by atoms with van der Waals surface area (Å²) in [6, 6.07) is 12.2. The van der Waals surface area contributed by atoms with Gasteiger partial charge >= 0.3 is 6.03 Å². The smallest absolute Gasteiger partial charge is 0.325 e. The number of para-hydroxylation sites is 1. The number of urea groups is 1. The molecule has 0 radical (unpaired) electrons. The Hall–Kier alpha value is -3.42. The fourth-order valence-corrected chi connectivity index (χ4v) is 2.28. The second-order valence-corrected chi connectivity index (χ2v) is 5.37. The predicted molar refractivity (Wildman–Crippen MR) is 87.7 cm³/mol. The molecular formula is C17H16N4O4. The van der Waals surface area contributed by atoms with E-state index in [0.717, 1.165) is 4.90 Å². The molecule has 1 aromatic carbocycles. The lowest BCUT2D eigenvalue weighted by atomic mass is 10.2. The van der Waals surface area contributed by atoms with E-state index in [9.17, 15) is 14.4 Å². The first-order chi connectivity index (χ1) is 12.1. The first-order valence-electron chi connectivity index (χ1n) is 7.64. The van der Waals surface area contributed by atoms with Crippen LogP contribution in [0.4, 0.5) is 4.79 Å². The molecule has 4 amide bonds. The van der Waals surface area contributed by atoms with Gasteiger partial charge in [-0.3, -0.25) is 14.9 Å². The van der Waals surface area contributed by atoms with Crippen molar-refractivity contribution in [1.82, 2.24) is 20.5 Å². The second kappa shape index (κ2) is 7.43. The Kier molecular flexibility index (Phi) is 4.89. The van der Waals surface area contributed by atoms with E-state index in [1.165, 1.54) is 0 Å². The number of benzene rings is 1. The Balaban J connectivity index is 1.59. The number of imide groups is 1. The topological polar surface area (TPSA) is 101 Å². The number of carbonyl (C=O) groups is 3. The van der Waals surface area contributed by atoms with E-state index in [2.05, 4.69) is 15.6 Å². The van der Waals surface area contributed by atoms with Gasteiger partial charge in [0.2, 0.25) is 17.7 Å². The molecule has 0 aliphatic carbocycles. The molecular weight excluding hydrogens is 324 g/mol. The number of nitrogens with one attached hydrogen (secondary N) is 2. The number of rotatable bonds is 6. The number of hydrogen-bond donors (Lipinski definition) is 2. The van der Waals surface area contributed by atoms with E-state index in [1.807, 2.05) is 18.2 Å². The van der Waals surface area contributed by atoms with E-state index in [4.69, 9.17) is 4.74 Å². The monoisotopic (exact) mass is 340 g/mol. The molecule has 8 heteroatoms. The van der Waals surface area contributed by atoms with E-state index >= 15 is 0 Å².